The number of allylic oxidation sites excluding steroid dienone is 2. The lowest BCUT2D eigenvalue weighted by molar-refractivity contribution is -0.226. The molecule has 0 spiro atoms. The van der Waals surface area contributed by atoms with Crippen molar-refractivity contribution in [2.24, 2.45) is 56.2 Å². The summed E-state index contributed by atoms with van der Waals surface area (Å²) in [6.07, 6.45) is 8.57. The summed E-state index contributed by atoms with van der Waals surface area (Å²) in [5, 5.41) is 0. The van der Waals surface area contributed by atoms with Gasteiger partial charge < -0.3 is 9.53 Å². The zero-order chi connectivity index (χ0) is 27.4. The molecule has 0 radical (unpaired) electrons. The molecule has 0 N–H and O–H groups in total. The summed E-state index contributed by atoms with van der Waals surface area (Å²) in [4.78, 5) is 44.7. The lowest BCUT2D eigenvalue weighted by Crippen LogP contribution is -2.69. The van der Waals surface area contributed by atoms with E-state index < -0.39 is 16.2 Å². The van der Waals surface area contributed by atoms with E-state index in [0.29, 0.717) is 6.42 Å². The number of carbonyl (C=O) groups is 3. The first kappa shape index (κ1) is 26.6. The van der Waals surface area contributed by atoms with Crippen molar-refractivity contribution in [3.8, 4) is 0 Å². The van der Waals surface area contributed by atoms with E-state index in [2.05, 4.69) is 39.5 Å². The SMILES string of the molecule is [C-]#[N+]C1=C[C@]2(C)[C@H]3CC(=O)C4C5CC(C)(C)CC[C@]5(C(=O)OC)CC[C@@]4(C)[C@]3(C)CC[C@H]2C(C)(C)C1=O. The number of nitrogens with zero attached hydrogens (tertiary/aromatic N) is 1. The molecule has 4 fully saturated rings. The van der Waals surface area contributed by atoms with Gasteiger partial charge in [-0.2, -0.15) is 0 Å². The van der Waals surface area contributed by atoms with Crippen LogP contribution in [0, 0.1) is 62.7 Å². The lowest BCUT2D eigenvalue weighted by Gasteiger charge is -2.71. The van der Waals surface area contributed by atoms with Crippen LogP contribution in [0.4, 0.5) is 0 Å². The van der Waals surface area contributed by atoms with Gasteiger partial charge in [-0.3, -0.25) is 9.59 Å². The Bertz CT molecular complexity index is 1140. The van der Waals surface area contributed by atoms with Crippen LogP contribution in [0.3, 0.4) is 0 Å². The zero-order valence-corrected chi connectivity index (χ0v) is 24.1. The summed E-state index contributed by atoms with van der Waals surface area (Å²) >= 11 is 0. The standard InChI is InChI=1S/C32H45NO4/c1-27(2)12-14-32(26(36)37-9)15-13-31(7)24(19(32)17-27)21(34)16-23-29(5)18-20(33-8)25(35)28(3,4)22(29)10-11-30(23,31)6/h18-19,22-24H,10-17H2,1-7,9H3/t19?,22-,23+,24?,29-,30+,31+,32-/m0/s1. The maximum atomic E-state index is 14.4. The summed E-state index contributed by atoms with van der Waals surface area (Å²) in [6.45, 7) is 23.3. The van der Waals surface area contributed by atoms with Gasteiger partial charge in [0.05, 0.1) is 19.1 Å². The number of methoxy groups -OCH3 is 1. The molecule has 0 amide bonds. The number of ether oxygens (including phenoxy) is 1. The van der Waals surface area contributed by atoms with Gasteiger partial charge in [0.2, 0.25) is 5.70 Å². The van der Waals surface area contributed by atoms with E-state index in [1.165, 1.54) is 7.11 Å². The third kappa shape index (κ3) is 3.17. The zero-order valence-electron chi connectivity index (χ0n) is 24.1. The Hall–Kier alpha value is -1.96. The number of carbonyl (C=O) groups excluding carboxylic acids is 3. The van der Waals surface area contributed by atoms with Crippen molar-refractivity contribution in [3.63, 3.8) is 0 Å². The molecule has 0 aromatic heterocycles. The third-order valence-electron chi connectivity index (χ3n) is 13.0. The maximum Gasteiger partial charge on any atom is 0.312 e. The second kappa shape index (κ2) is 7.80. The second-order valence-electron chi connectivity index (χ2n) is 15.3. The minimum Gasteiger partial charge on any atom is -0.469 e. The second-order valence-corrected chi connectivity index (χ2v) is 15.3. The number of Topliss-reactive ketones (excluding diaryl/α,β-unsaturated/α-hetero) is 2. The van der Waals surface area contributed by atoms with Crippen LogP contribution in [0.1, 0.15) is 99.8 Å². The average molecular weight is 508 g/mol. The van der Waals surface area contributed by atoms with Crippen molar-refractivity contribution in [2.75, 3.05) is 7.11 Å². The first-order valence-corrected chi connectivity index (χ1v) is 14.3. The van der Waals surface area contributed by atoms with Crippen LogP contribution in [-0.4, -0.2) is 24.6 Å². The highest BCUT2D eigenvalue weighted by molar-refractivity contribution is 6.02. The van der Waals surface area contributed by atoms with Crippen LogP contribution in [0.25, 0.3) is 4.85 Å². The molecule has 8 atom stereocenters. The van der Waals surface area contributed by atoms with E-state index >= 15 is 0 Å². The Morgan fingerprint density at radius 3 is 2.22 bits per heavy atom. The van der Waals surface area contributed by atoms with Crippen molar-refractivity contribution in [1.82, 2.24) is 0 Å². The Kier molecular flexibility index (Phi) is 5.61. The molecule has 5 heteroatoms. The molecule has 5 nitrogen and oxygen atoms in total. The van der Waals surface area contributed by atoms with Crippen LogP contribution in [0.15, 0.2) is 11.8 Å². The molecular weight excluding hydrogens is 462 g/mol. The predicted molar refractivity (Wildman–Crippen MR) is 142 cm³/mol. The molecule has 0 aromatic carbocycles. The molecular formula is C32H45NO4. The highest BCUT2D eigenvalue weighted by Gasteiger charge is 2.73. The highest BCUT2D eigenvalue weighted by Crippen LogP contribution is 2.75. The first-order chi connectivity index (χ1) is 17.0. The molecule has 0 saturated heterocycles. The van der Waals surface area contributed by atoms with Crippen LogP contribution in [-0.2, 0) is 19.1 Å². The van der Waals surface area contributed by atoms with Crippen molar-refractivity contribution in [2.45, 2.75) is 99.8 Å². The predicted octanol–water partition coefficient (Wildman–Crippen LogP) is 6.81. The van der Waals surface area contributed by atoms with Crippen molar-refractivity contribution >= 4 is 17.5 Å². The topological polar surface area (TPSA) is 64.8 Å². The van der Waals surface area contributed by atoms with E-state index in [4.69, 9.17) is 11.3 Å². The number of rotatable bonds is 1. The summed E-state index contributed by atoms with van der Waals surface area (Å²) in [6, 6.07) is 0. The Labute approximate surface area is 223 Å². The minimum absolute atomic E-state index is 0.00280. The number of hydrogen-bond acceptors (Lipinski definition) is 4. The lowest BCUT2D eigenvalue weighted by atomic mass is 9.31. The van der Waals surface area contributed by atoms with Gasteiger partial charge in [0, 0.05) is 17.8 Å². The van der Waals surface area contributed by atoms with Gasteiger partial charge in [-0.05, 0) is 84.4 Å². The van der Waals surface area contributed by atoms with Gasteiger partial charge in [0.1, 0.15) is 5.78 Å². The van der Waals surface area contributed by atoms with E-state index in [1.54, 1.807) is 0 Å². The molecule has 5 aliphatic rings. The monoisotopic (exact) mass is 507 g/mol. The van der Waals surface area contributed by atoms with Gasteiger partial charge in [0.25, 0.3) is 0 Å². The molecule has 37 heavy (non-hydrogen) atoms. The number of fused-ring (bicyclic) bond motifs is 7. The van der Waals surface area contributed by atoms with Gasteiger partial charge in [-0.25, -0.2) is 4.85 Å². The molecule has 202 valence electrons. The summed E-state index contributed by atoms with van der Waals surface area (Å²) in [5.74, 6) is 0.123. The van der Waals surface area contributed by atoms with Gasteiger partial charge in [-0.15, -0.1) is 0 Å². The largest absolute Gasteiger partial charge is 0.469 e. The van der Waals surface area contributed by atoms with Crippen molar-refractivity contribution in [3.05, 3.63) is 23.2 Å². The highest BCUT2D eigenvalue weighted by atomic mass is 16.5. The third-order valence-corrected chi connectivity index (χ3v) is 13.0. The molecule has 0 heterocycles. The fraction of sp³-hybridized carbons (Fsp3) is 0.812. The maximum absolute atomic E-state index is 14.4. The molecule has 4 saturated carbocycles. The van der Waals surface area contributed by atoms with E-state index in [0.717, 1.165) is 44.9 Å². The molecule has 2 unspecified atom stereocenters. The summed E-state index contributed by atoms with van der Waals surface area (Å²) in [7, 11) is 1.50. The van der Waals surface area contributed by atoms with E-state index in [1.807, 2.05) is 19.9 Å². The molecule has 5 aliphatic carbocycles. The van der Waals surface area contributed by atoms with Crippen LogP contribution < -0.4 is 0 Å². The minimum atomic E-state index is -0.620. The molecule has 0 aromatic rings. The normalized spacial score (nSPS) is 47.8. The number of hydrogen-bond donors (Lipinski definition) is 0. The van der Waals surface area contributed by atoms with Gasteiger partial charge in [0.15, 0.2) is 5.78 Å². The van der Waals surface area contributed by atoms with E-state index in [9.17, 15) is 14.4 Å². The van der Waals surface area contributed by atoms with Gasteiger partial charge >= 0.3 is 5.97 Å². The van der Waals surface area contributed by atoms with Crippen LogP contribution in [0.2, 0.25) is 0 Å². The molecule has 0 bridgehead atoms. The van der Waals surface area contributed by atoms with E-state index in [-0.39, 0.29) is 63.1 Å². The smallest absolute Gasteiger partial charge is 0.312 e. The number of ketones is 2. The van der Waals surface area contributed by atoms with Crippen molar-refractivity contribution in [1.29, 1.82) is 0 Å². The summed E-state index contributed by atoms with van der Waals surface area (Å²) in [5.41, 5.74) is -1.61. The first-order valence-electron chi connectivity index (χ1n) is 14.3. The fourth-order valence-corrected chi connectivity index (χ4v) is 10.8. The molecule has 0 aliphatic heterocycles. The summed E-state index contributed by atoms with van der Waals surface area (Å²) < 4.78 is 5.42. The Balaban J connectivity index is 1.65. The quantitative estimate of drug-likeness (QED) is 0.289. The average Bonchev–Trinajstić information content (AvgIpc) is 2.82. The Morgan fingerprint density at radius 2 is 1.59 bits per heavy atom. The molecule has 5 rings (SSSR count). The number of esters is 1. The van der Waals surface area contributed by atoms with Crippen LogP contribution >= 0.6 is 0 Å². The Morgan fingerprint density at radius 1 is 0.946 bits per heavy atom. The van der Waals surface area contributed by atoms with Crippen LogP contribution in [0.5, 0.6) is 0 Å². The fourth-order valence-electron chi connectivity index (χ4n) is 10.8. The van der Waals surface area contributed by atoms with Gasteiger partial charge in [-0.1, -0.05) is 54.5 Å². The van der Waals surface area contributed by atoms with Crippen molar-refractivity contribution < 1.29 is 19.1 Å².